The van der Waals surface area contributed by atoms with Crippen LogP contribution in [0.5, 0.6) is 5.75 Å². The lowest BCUT2D eigenvalue weighted by atomic mass is 10.1. The van der Waals surface area contributed by atoms with Crippen molar-refractivity contribution in [2.75, 3.05) is 6.61 Å². The largest absolute Gasteiger partial charge is 0.490 e. The molecule has 0 aliphatic rings. The fraction of sp³-hybridized carbons (Fsp3) is 0.421. The minimum absolute atomic E-state index is 0.273. The Morgan fingerprint density at radius 1 is 1.14 bits per heavy atom. The molecule has 0 heterocycles. The fourth-order valence-electron chi connectivity index (χ4n) is 2.02. The van der Waals surface area contributed by atoms with E-state index < -0.39 is 5.97 Å². The number of hydrogen-bond acceptors (Lipinski definition) is 2. The van der Waals surface area contributed by atoms with Gasteiger partial charge in [0.25, 0.3) is 0 Å². The van der Waals surface area contributed by atoms with Gasteiger partial charge in [0.15, 0.2) is 0 Å². The highest BCUT2D eigenvalue weighted by Gasteiger charge is 2.01. The first kappa shape index (κ1) is 18.0. The van der Waals surface area contributed by atoms with E-state index in [-0.39, 0.29) is 5.56 Å². The van der Waals surface area contributed by atoms with Crippen LogP contribution in [0.4, 0.5) is 0 Å². The second kappa shape index (κ2) is 9.82. The number of aromatic carboxylic acids is 1. The summed E-state index contributed by atoms with van der Waals surface area (Å²) in [6.07, 6.45) is 8.71. The van der Waals surface area contributed by atoms with Crippen LogP contribution in [0.25, 0.3) is 0 Å². The number of carboxylic acid groups (broad SMARTS) is 1. The number of carboxylic acids is 1. The molecule has 1 aromatic rings. The Morgan fingerprint density at radius 2 is 1.82 bits per heavy atom. The Kier molecular flexibility index (Phi) is 8.05. The third-order valence-corrected chi connectivity index (χ3v) is 3.69. The number of benzene rings is 1. The van der Waals surface area contributed by atoms with Crippen molar-refractivity contribution in [3.63, 3.8) is 0 Å². The zero-order valence-electron chi connectivity index (χ0n) is 13.8. The van der Waals surface area contributed by atoms with E-state index in [0.717, 1.165) is 25.7 Å². The molecule has 0 unspecified atom stereocenters. The van der Waals surface area contributed by atoms with Gasteiger partial charge in [0.2, 0.25) is 0 Å². The smallest absolute Gasteiger partial charge is 0.335 e. The summed E-state index contributed by atoms with van der Waals surface area (Å²) in [5.74, 6) is -0.228. The molecule has 0 aliphatic carbocycles. The Labute approximate surface area is 133 Å². The van der Waals surface area contributed by atoms with Gasteiger partial charge in [-0.25, -0.2) is 4.79 Å². The van der Waals surface area contributed by atoms with Crippen molar-refractivity contribution in [3.8, 4) is 5.75 Å². The summed E-state index contributed by atoms with van der Waals surface area (Å²) < 4.78 is 5.64. The average molecular weight is 302 g/mol. The molecule has 0 fully saturated rings. The topological polar surface area (TPSA) is 46.5 Å². The number of ether oxygens (including phenoxy) is 1. The van der Waals surface area contributed by atoms with Crippen molar-refractivity contribution >= 4 is 5.97 Å². The van der Waals surface area contributed by atoms with Gasteiger partial charge in [0.1, 0.15) is 12.4 Å². The van der Waals surface area contributed by atoms with Crippen LogP contribution < -0.4 is 4.74 Å². The van der Waals surface area contributed by atoms with E-state index in [4.69, 9.17) is 9.84 Å². The number of hydrogen-bond donors (Lipinski definition) is 1. The molecule has 120 valence electrons. The quantitative estimate of drug-likeness (QED) is 0.635. The zero-order valence-corrected chi connectivity index (χ0v) is 13.8. The molecule has 1 aromatic carbocycles. The molecule has 3 heteroatoms. The van der Waals surface area contributed by atoms with E-state index in [0.29, 0.717) is 12.4 Å². The normalized spacial score (nSPS) is 12.3. The summed E-state index contributed by atoms with van der Waals surface area (Å²) >= 11 is 0. The van der Waals surface area contributed by atoms with Crippen LogP contribution in [0, 0.1) is 0 Å². The van der Waals surface area contributed by atoms with Crippen molar-refractivity contribution in [3.05, 3.63) is 53.1 Å². The maximum atomic E-state index is 10.8. The summed E-state index contributed by atoms with van der Waals surface area (Å²) in [6, 6.07) is 6.49. The van der Waals surface area contributed by atoms with Crippen LogP contribution in [0.1, 0.15) is 56.8 Å². The third kappa shape index (κ3) is 6.61. The molecule has 0 amide bonds. The van der Waals surface area contributed by atoms with E-state index in [1.807, 2.05) is 0 Å². The summed E-state index contributed by atoms with van der Waals surface area (Å²) in [5, 5.41) is 8.84. The van der Waals surface area contributed by atoms with Crippen molar-refractivity contribution < 1.29 is 14.6 Å². The Balaban J connectivity index is 2.46. The van der Waals surface area contributed by atoms with E-state index in [1.54, 1.807) is 24.3 Å². The number of allylic oxidation sites excluding steroid dienone is 3. The molecule has 0 bridgehead atoms. The summed E-state index contributed by atoms with van der Waals surface area (Å²) in [5.41, 5.74) is 3.10. The SMILES string of the molecule is CCC(C)=CCCC(=CCOc1ccc(C(=O)O)cc1)CC. The highest BCUT2D eigenvalue weighted by atomic mass is 16.5. The fourth-order valence-corrected chi connectivity index (χ4v) is 2.02. The van der Waals surface area contributed by atoms with Gasteiger partial charge < -0.3 is 9.84 Å². The van der Waals surface area contributed by atoms with E-state index in [1.165, 1.54) is 11.1 Å². The molecule has 0 atom stereocenters. The van der Waals surface area contributed by atoms with Crippen LogP contribution in [-0.2, 0) is 0 Å². The lowest BCUT2D eigenvalue weighted by Crippen LogP contribution is -1.98. The lowest BCUT2D eigenvalue weighted by molar-refractivity contribution is 0.0697. The third-order valence-electron chi connectivity index (χ3n) is 3.69. The first-order chi connectivity index (χ1) is 10.6. The van der Waals surface area contributed by atoms with Crippen LogP contribution in [0.15, 0.2) is 47.6 Å². The molecule has 3 nitrogen and oxygen atoms in total. The Morgan fingerprint density at radius 3 is 2.36 bits per heavy atom. The number of carbonyl (C=O) groups is 1. The van der Waals surface area contributed by atoms with Crippen molar-refractivity contribution in [1.82, 2.24) is 0 Å². The standard InChI is InChI=1S/C19H26O3/c1-4-15(3)7-6-8-16(5-2)13-14-22-18-11-9-17(10-12-18)19(20)21/h7,9-13H,4-6,8,14H2,1-3H3,(H,20,21). The van der Waals surface area contributed by atoms with Crippen LogP contribution in [-0.4, -0.2) is 17.7 Å². The summed E-state index contributed by atoms with van der Waals surface area (Å²) in [6.45, 7) is 7.01. The highest BCUT2D eigenvalue weighted by Crippen LogP contribution is 2.15. The van der Waals surface area contributed by atoms with Crippen LogP contribution >= 0.6 is 0 Å². The van der Waals surface area contributed by atoms with E-state index >= 15 is 0 Å². The Bertz CT molecular complexity index is 524. The molecule has 0 saturated carbocycles. The van der Waals surface area contributed by atoms with Crippen molar-refractivity contribution in [2.45, 2.75) is 46.5 Å². The average Bonchev–Trinajstić information content (AvgIpc) is 2.53. The molecule has 0 spiro atoms. The maximum Gasteiger partial charge on any atom is 0.335 e. The first-order valence-corrected chi connectivity index (χ1v) is 7.86. The summed E-state index contributed by atoms with van der Waals surface area (Å²) in [4.78, 5) is 10.8. The van der Waals surface area contributed by atoms with Crippen molar-refractivity contribution in [2.24, 2.45) is 0 Å². The van der Waals surface area contributed by atoms with E-state index in [2.05, 4.69) is 32.9 Å². The molecule has 1 N–H and O–H groups in total. The second-order valence-corrected chi connectivity index (χ2v) is 5.30. The monoisotopic (exact) mass is 302 g/mol. The predicted octanol–water partition coefficient (Wildman–Crippen LogP) is 5.24. The molecular formula is C19H26O3. The van der Waals surface area contributed by atoms with Crippen molar-refractivity contribution in [1.29, 1.82) is 0 Å². The number of rotatable bonds is 9. The van der Waals surface area contributed by atoms with E-state index in [9.17, 15) is 4.79 Å². The van der Waals surface area contributed by atoms with Gasteiger partial charge in [-0.15, -0.1) is 0 Å². The molecule has 0 radical (unpaired) electrons. The maximum absolute atomic E-state index is 10.8. The molecular weight excluding hydrogens is 276 g/mol. The van der Waals surface area contributed by atoms with Gasteiger partial charge in [-0.2, -0.15) is 0 Å². The second-order valence-electron chi connectivity index (χ2n) is 5.30. The van der Waals surface area contributed by atoms with Crippen LogP contribution in [0.3, 0.4) is 0 Å². The first-order valence-electron chi connectivity index (χ1n) is 7.86. The van der Waals surface area contributed by atoms with Gasteiger partial charge in [-0.1, -0.05) is 31.1 Å². The van der Waals surface area contributed by atoms with Crippen LogP contribution in [0.2, 0.25) is 0 Å². The zero-order chi connectivity index (χ0) is 16.4. The highest BCUT2D eigenvalue weighted by molar-refractivity contribution is 5.87. The lowest BCUT2D eigenvalue weighted by Gasteiger charge is -2.06. The molecule has 22 heavy (non-hydrogen) atoms. The molecule has 0 aliphatic heterocycles. The van der Waals surface area contributed by atoms with Gasteiger partial charge >= 0.3 is 5.97 Å². The minimum atomic E-state index is -0.921. The predicted molar refractivity (Wildman–Crippen MR) is 90.6 cm³/mol. The van der Waals surface area contributed by atoms with Gasteiger partial charge in [-0.05, 0) is 62.9 Å². The minimum Gasteiger partial charge on any atom is -0.490 e. The summed E-state index contributed by atoms with van der Waals surface area (Å²) in [7, 11) is 0. The molecule has 0 aromatic heterocycles. The van der Waals surface area contributed by atoms with Gasteiger partial charge in [0.05, 0.1) is 5.56 Å². The molecule has 1 rings (SSSR count). The molecule has 0 saturated heterocycles. The van der Waals surface area contributed by atoms with Gasteiger partial charge in [-0.3, -0.25) is 0 Å². The Hall–Kier alpha value is -2.03. The van der Waals surface area contributed by atoms with Gasteiger partial charge in [0, 0.05) is 0 Å².